The molecule has 6 N–H and O–H groups in total. The fourth-order valence-corrected chi connectivity index (χ4v) is 12.0. The largest absolute Gasteiger partial charge is 0.322 e. The minimum absolute atomic E-state index is 0.340. The summed E-state index contributed by atoms with van der Waals surface area (Å²) < 4.78 is 0. The van der Waals surface area contributed by atoms with Gasteiger partial charge in [-0.25, -0.2) is 0 Å². The molecule has 0 aliphatic rings. The van der Waals surface area contributed by atoms with Crippen molar-refractivity contribution in [3.63, 3.8) is 0 Å². The van der Waals surface area contributed by atoms with Gasteiger partial charge in [0.05, 0.1) is 0 Å². The Morgan fingerprint density at radius 3 is 0.430 bits per heavy atom. The van der Waals surface area contributed by atoms with Crippen LogP contribution in [0.15, 0.2) is 320 Å². The van der Waals surface area contributed by atoms with Crippen molar-refractivity contribution < 1.29 is 0 Å². The number of H-pyrrole nitrogens is 6. The van der Waals surface area contributed by atoms with Gasteiger partial charge in [-0.3, -0.25) is 28.8 Å². The highest BCUT2D eigenvalue weighted by atomic mass is 16.1. The third-order valence-electron chi connectivity index (χ3n) is 18.3. The molecule has 28 aromatic rings. The number of aromatic nitrogens is 6. The topological polar surface area (TPSA) is 197 Å². The Bertz CT molecular complexity index is 7250. The zero-order valence-electron chi connectivity index (χ0n) is 60.2. The van der Waals surface area contributed by atoms with E-state index in [9.17, 15) is 28.8 Å². The maximum Gasteiger partial charge on any atom is 0.255 e. The number of rotatable bonds is 0. The zero-order chi connectivity index (χ0) is 77.7. The van der Waals surface area contributed by atoms with E-state index in [4.69, 9.17) is 0 Å². The van der Waals surface area contributed by atoms with Gasteiger partial charge in [0.25, 0.3) is 33.4 Å². The molecule has 15 heterocycles. The summed E-state index contributed by atoms with van der Waals surface area (Å²) in [6, 6.07) is 146. The Balaban J connectivity index is 0.989. The van der Waals surface area contributed by atoms with E-state index in [-0.39, 0.29) is 33.4 Å². The summed E-state index contributed by atoms with van der Waals surface area (Å²) in [7, 11) is 0. The molecular weight excluding hydrogens is 1410 g/mol. The van der Waals surface area contributed by atoms with Crippen LogP contribution in [-0.2, 0) is 0 Å². The van der Waals surface area contributed by atoms with E-state index in [0.717, 1.165) is 0 Å². The van der Waals surface area contributed by atoms with Crippen LogP contribution in [0.3, 0.4) is 0 Å². The summed E-state index contributed by atoms with van der Waals surface area (Å²) in [5.41, 5.74) is 1.03. The lowest BCUT2D eigenvalue weighted by Crippen LogP contribution is -2.04. The molecule has 0 radical (unpaired) electrons. The second kappa shape index (κ2) is 32.4. The number of aromatic amines is 6. The van der Waals surface area contributed by atoms with Crippen LogP contribution in [0, 0.1) is 109 Å². The first-order valence-electron chi connectivity index (χ1n) is 35.8. The van der Waals surface area contributed by atoms with Crippen molar-refractivity contribution in [1.82, 2.24) is 29.9 Å². The lowest BCUT2D eigenvalue weighted by Gasteiger charge is -1.93. The van der Waals surface area contributed by atoms with Crippen LogP contribution in [-0.4, -0.2) is 29.9 Å². The summed E-state index contributed by atoms with van der Waals surface area (Å²) in [4.78, 5) is 98.8. The van der Waals surface area contributed by atoms with Gasteiger partial charge in [-0.15, -0.1) is 0 Å². The fourth-order valence-electron chi connectivity index (χ4n) is 12.0. The molecule has 0 atom stereocenters. The van der Waals surface area contributed by atoms with E-state index < -0.39 is 0 Å². The molecule has 0 saturated carbocycles. The third kappa shape index (κ3) is 17.2. The van der Waals surface area contributed by atoms with Crippen LogP contribution in [0.25, 0.3) is 162 Å². The van der Waals surface area contributed by atoms with Crippen molar-refractivity contribution in [2.45, 2.75) is 0 Å². The minimum Gasteiger partial charge on any atom is -0.322 e. The smallest absolute Gasteiger partial charge is 0.255 e. The summed E-state index contributed by atoms with van der Waals surface area (Å²) in [6.07, 6.45) is 0. The summed E-state index contributed by atoms with van der Waals surface area (Å²) in [5, 5.41) is 12.6. The molecule has 0 aliphatic heterocycles. The molecule has 0 saturated heterocycles. The van der Waals surface area contributed by atoms with E-state index in [1.165, 1.54) is 0 Å². The molecule has 18 bridgehead atoms. The number of hydrogen-bond donors (Lipinski definition) is 6. The quantitative estimate of drug-likeness (QED) is 0.0873. The van der Waals surface area contributed by atoms with Crippen molar-refractivity contribution in [3.05, 3.63) is 463 Å². The second-order valence-corrected chi connectivity index (χ2v) is 26.1. The Hall–Kier alpha value is -17.3. The summed E-state index contributed by atoms with van der Waals surface area (Å²) >= 11 is 0. The highest BCUT2D eigenvalue weighted by molar-refractivity contribution is 5.98. The normalized spacial score (nSPS) is 10.2. The third-order valence-corrected chi connectivity index (χ3v) is 18.3. The minimum atomic E-state index is -0.375. The van der Waals surface area contributed by atoms with Crippen LogP contribution in [0.2, 0.25) is 0 Å². The number of hydrogen-bond acceptors (Lipinski definition) is 6. The first-order valence-corrected chi connectivity index (χ1v) is 35.8. The molecule has 0 spiro atoms. The average molecular weight is 1460 g/mol. The molecule has 0 fully saturated rings. The van der Waals surface area contributed by atoms with Gasteiger partial charge in [0.15, 0.2) is 0 Å². The number of fused-ring (bicyclic) bond motifs is 3. The predicted octanol–water partition coefficient (Wildman–Crippen LogP) is 19.3. The Kier molecular flexibility index (Phi) is 20.2. The standard InChI is InChI=1S/C102H54N6O6/c109-97-77-35-39-79(40-36-77)99(111)105-93-55-19-69(20-56-93)11-29-83-63-85-31-13-71-23-59-95(60-24-71)107-101(113)81-43-45-82(46-44-81)102(114)108-96-61-25-72(26-62-96)14-32-86-64-84-30-12-70-21-57-94(58-22-70)106-100(112)80-41-37-78(38-42-80)98(110)104-92-53-17-68(18-54-92)10-28-74-6-2-4-8-76(74)34-48-88(84)66-90(86)50-49-89(85)65-87(83)47-33-75-7-3-1-5-73(75)27-9-67-15-51-91(103-97)52-16-67/h1-8,15-26,35-46,51-66H,(H,103,109)(H,104,110)(H,105,111)(H,106,112)(H,107,113)(H,108,114). The monoisotopic (exact) mass is 1460 g/mol. The first kappa shape index (κ1) is 71.0. The van der Waals surface area contributed by atoms with E-state index in [1.807, 2.05) is 97.1 Å². The van der Waals surface area contributed by atoms with Crippen molar-refractivity contribution in [2.75, 3.05) is 0 Å². The fraction of sp³-hybridized carbons (Fsp3) is 0. The van der Waals surface area contributed by atoms with E-state index in [1.54, 1.807) is 194 Å². The van der Waals surface area contributed by atoms with Crippen LogP contribution >= 0.6 is 0 Å². The maximum absolute atomic E-state index is 13.6. The van der Waals surface area contributed by atoms with Gasteiger partial charge in [0, 0.05) is 162 Å². The second-order valence-electron chi connectivity index (χ2n) is 26.1. The summed E-state index contributed by atoms with van der Waals surface area (Å²) in [6.45, 7) is 0. The molecule has 15 aromatic heterocycles. The van der Waals surface area contributed by atoms with E-state index in [0.29, 0.717) is 162 Å². The molecule has 28 rings (SSSR count). The first-order chi connectivity index (χ1) is 55.8. The molecule has 13 aromatic carbocycles. The van der Waals surface area contributed by atoms with Crippen LogP contribution < -0.4 is 33.4 Å². The molecular formula is C102H54N6O6. The van der Waals surface area contributed by atoms with Gasteiger partial charge in [-0.1, -0.05) is 133 Å². The molecule has 0 amide bonds. The summed E-state index contributed by atoms with van der Waals surface area (Å²) in [5.74, 6) is 0. The van der Waals surface area contributed by atoms with Crippen LogP contribution in [0.5, 0.6) is 0 Å². The van der Waals surface area contributed by atoms with E-state index in [2.05, 4.69) is 139 Å². The van der Waals surface area contributed by atoms with Gasteiger partial charge in [-0.05, 0) is 267 Å². The van der Waals surface area contributed by atoms with Crippen molar-refractivity contribution in [3.8, 4) is 0 Å². The predicted molar refractivity (Wildman–Crippen MR) is 457 cm³/mol. The Morgan fingerprint density at radius 2 is 0.272 bits per heavy atom. The molecule has 12 heteroatoms. The number of benzene rings is 13. The van der Waals surface area contributed by atoms with Gasteiger partial charge >= 0.3 is 0 Å². The lowest BCUT2D eigenvalue weighted by atomic mass is 10.1. The molecule has 0 unspecified atom stereocenters. The highest BCUT2D eigenvalue weighted by Gasteiger charge is 2.02. The van der Waals surface area contributed by atoms with Gasteiger partial charge in [-0.2, -0.15) is 0 Å². The average Bonchev–Trinajstić information content (AvgIpc) is 0.810. The molecule has 528 valence electrons. The van der Waals surface area contributed by atoms with Gasteiger partial charge < -0.3 is 29.9 Å². The number of nitrogens with one attached hydrogen (secondary N) is 6. The Labute approximate surface area is 650 Å². The highest BCUT2D eigenvalue weighted by Crippen LogP contribution is 2.21. The molecule has 0 aliphatic carbocycles. The van der Waals surface area contributed by atoms with Crippen molar-refractivity contribution >= 4 is 162 Å². The lowest BCUT2D eigenvalue weighted by molar-refractivity contribution is 1.33. The van der Waals surface area contributed by atoms with Crippen molar-refractivity contribution in [1.29, 1.82) is 0 Å². The zero-order valence-corrected chi connectivity index (χ0v) is 60.2. The Morgan fingerprint density at radius 1 is 0.140 bits per heavy atom. The molecule has 114 heavy (non-hydrogen) atoms. The van der Waals surface area contributed by atoms with Crippen LogP contribution in [0.4, 0.5) is 0 Å². The van der Waals surface area contributed by atoms with Gasteiger partial charge in [0.1, 0.15) is 0 Å². The SMILES string of the molecule is O=c1[nH]c2ccc(c#cc3ccccc3c#cc3cc4c#cc5cc6c#cc7ccccc7c#cc7ccc(cc7)[nH]c(=O)c7ccc(cc7)c(=O)[nH]c7ccc(c#cc6cc5c#cc5ccc(cc5)[nH]c(=O)c5ccc(cc5)c(=O)[nH]c5ccc(c#cc4cc3c#cc3ccc(cc3)[nH]c(=O)c3ccc1cc3)cc5)cc7)cc2. The van der Waals surface area contributed by atoms with Crippen LogP contribution in [0.1, 0.15) is 0 Å². The van der Waals surface area contributed by atoms with Crippen molar-refractivity contribution in [2.24, 2.45) is 0 Å². The maximum atomic E-state index is 13.6. The van der Waals surface area contributed by atoms with Gasteiger partial charge in [0.2, 0.25) is 0 Å². The molecule has 12 nitrogen and oxygen atoms in total. The van der Waals surface area contributed by atoms with E-state index >= 15 is 0 Å².